The first kappa shape index (κ1) is 28.9. The lowest BCUT2D eigenvalue weighted by atomic mass is 10.0. The van der Waals surface area contributed by atoms with Crippen LogP contribution < -0.4 is 15.0 Å². The molecule has 1 fully saturated rings. The van der Waals surface area contributed by atoms with E-state index in [1.54, 1.807) is 25.4 Å². The zero-order valence-corrected chi connectivity index (χ0v) is 24.6. The highest BCUT2D eigenvalue weighted by molar-refractivity contribution is 6.31. The summed E-state index contributed by atoms with van der Waals surface area (Å²) in [5.74, 6) is 1.33. The van der Waals surface area contributed by atoms with E-state index in [9.17, 15) is 14.0 Å². The van der Waals surface area contributed by atoms with Crippen molar-refractivity contribution in [2.24, 2.45) is 7.05 Å². The van der Waals surface area contributed by atoms with Crippen LogP contribution in [0.2, 0.25) is 5.02 Å². The van der Waals surface area contributed by atoms with Crippen LogP contribution in [0.4, 0.5) is 15.0 Å². The van der Waals surface area contributed by atoms with Gasteiger partial charge >= 0.3 is 6.03 Å². The minimum absolute atomic E-state index is 0.0485. The molecule has 0 spiro atoms. The van der Waals surface area contributed by atoms with Gasteiger partial charge in [0, 0.05) is 51.3 Å². The quantitative estimate of drug-likeness (QED) is 0.268. The molecule has 1 atom stereocenters. The number of carbonyl (C=O) groups is 2. The second kappa shape index (κ2) is 12.2. The van der Waals surface area contributed by atoms with Gasteiger partial charge < -0.3 is 14.0 Å². The molecule has 0 radical (unpaired) electrons. The zero-order valence-electron chi connectivity index (χ0n) is 23.8. The molecule has 0 aliphatic carbocycles. The molecule has 11 heteroatoms. The molecule has 3 aromatic carbocycles. The van der Waals surface area contributed by atoms with Gasteiger partial charge in [-0.05, 0) is 47.0 Å². The number of urea groups is 1. The molecule has 0 bridgehead atoms. The summed E-state index contributed by atoms with van der Waals surface area (Å²) in [6.07, 6.45) is 1.91. The highest BCUT2D eigenvalue weighted by Gasteiger charge is 2.31. The van der Waals surface area contributed by atoms with Crippen LogP contribution in [0.3, 0.4) is 0 Å². The van der Waals surface area contributed by atoms with Crippen LogP contribution in [-0.4, -0.2) is 46.7 Å². The summed E-state index contributed by atoms with van der Waals surface area (Å²) in [4.78, 5) is 32.5. The Morgan fingerprint density at radius 1 is 1.12 bits per heavy atom. The molecular weight excluding hydrogens is 573 g/mol. The molecule has 222 valence electrons. The second-order valence-electron chi connectivity index (χ2n) is 10.7. The van der Waals surface area contributed by atoms with Crippen molar-refractivity contribution in [1.29, 1.82) is 0 Å². The minimum Gasteiger partial charge on any atom is -0.489 e. The standard InChI is InChI=1S/C32H31ClFN5O4/c1-37-30(39-13-12-29(40)36-32(39)41)15-35-31(37)21-8-11-24-22(14-21)17-38(28(24)19-42-2)16-20-6-9-23(10-7-20)43-18-25-26(33)4-3-5-27(25)34/h3-11,14-15,28H,12-13,16-19H2,1-2H3,(H,36,40,41)/t28-/m1/s1. The minimum atomic E-state index is -0.438. The molecule has 4 aromatic rings. The van der Waals surface area contributed by atoms with E-state index < -0.39 is 6.03 Å². The van der Waals surface area contributed by atoms with Crippen molar-refractivity contribution >= 4 is 29.4 Å². The maximum Gasteiger partial charge on any atom is 0.329 e. The number of hydrogen-bond acceptors (Lipinski definition) is 6. The molecule has 2 aliphatic heterocycles. The van der Waals surface area contributed by atoms with Crippen LogP contribution >= 0.6 is 11.6 Å². The number of nitrogens with zero attached hydrogens (tertiary/aromatic N) is 4. The number of imidazole rings is 1. The van der Waals surface area contributed by atoms with E-state index in [1.165, 1.54) is 22.1 Å². The Labute approximate surface area is 253 Å². The molecule has 3 amide bonds. The maximum atomic E-state index is 14.1. The van der Waals surface area contributed by atoms with E-state index in [-0.39, 0.29) is 30.8 Å². The fourth-order valence-corrected chi connectivity index (χ4v) is 5.92. The SMILES string of the molecule is COC[C@@H]1c2ccc(-c3ncc(N4CCC(=O)NC4=O)n3C)cc2CN1Cc1ccc(OCc2c(F)cccc2Cl)cc1. The molecule has 1 saturated heterocycles. The smallest absolute Gasteiger partial charge is 0.329 e. The molecular formula is C32H31ClFN5O4. The summed E-state index contributed by atoms with van der Waals surface area (Å²) in [6.45, 7) is 2.34. The average molecular weight is 604 g/mol. The van der Waals surface area contributed by atoms with Gasteiger partial charge in [0.2, 0.25) is 5.91 Å². The molecule has 1 aromatic heterocycles. The number of nitrogens with one attached hydrogen (secondary N) is 1. The van der Waals surface area contributed by atoms with Crippen molar-refractivity contribution in [2.45, 2.75) is 32.2 Å². The van der Waals surface area contributed by atoms with Gasteiger partial charge in [0.1, 0.15) is 29.8 Å². The van der Waals surface area contributed by atoms with Crippen LogP contribution in [-0.2, 0) is 36.3 Å². The van der Waals surface area contributed by atoms with Gasteiger partial charge in [0.25, 0.3) is 0 Å². The Bertz CT molecular complexity index is 1650. The Balaban J connectivity index is 1.16. The lowest BCUT2D eigenvalue weighted by molar-refractivity contribution is -0.120. The van der Waals surface area contributed by atoms with Crippen molar-refractivity contribution in [3.8, 4) is 17.1 Å². The van der Waals surface area contributed by atoms with Crippen LogP contribution in [0.1, 0.15) is 34.7 Å². The summed E-state index contributed by atoms with van der Waals surface area (Å²) in [5, 5.41) is 2.70. The number of benzene rings is 3. The van der Waals surface area contributed by atoms with Crippen molar-refractivity contribution in [3.63, 3.8) is 0 Å². The summed E-state index contributed by atoms with van der Waals surface area (Å²) >= 11 is 6.12. The van der Waals surface area contributed by atoms with Crippen LogP contribution in [0, 0.1) is 5.82 Å². The van der Waals surface area contributed by atoms with E-state index >= 15 is 0 Å². The monoisotopic (exact) mass is 603 g/mol. The van der Waals surface area contributed by atoms with E-state index in [2.05, 4.69) is 27.3 Å². The number of imide groups is 1. The van der Waals surface area contributed by atoms with E-state index in [1.807, 2.05) is 41.9 Å². The summed E-state index contributed by atoms with van der Waals surface area (Å²) in [5.41, 5.74) is 4.77. The van der Waals surface area contributed by atoms with E-state index in [4.69, 9.17) is 21.1 Å². The molecule has 3 heterocycles. The number of fused-ring (bicyclic) bond motifs is 1. The summed E-state index contributed by atoms with van der Waals surface area (Å²) in [6, 6.07) is 18.3. The lowest BCUT2D eigenvalue weighted by Gasteiger charge is -2.26. The second-order valence-corrected chi connectivity index (χ2v) is 11.1. The van der Waals surface area contributed by atoms with Gasteiger partial charge in [0.05, 0.1) is 23.9 Å². The van der Waals surface area contributed by atoms with Gasteiger partial charge in [-0.3, -0.25) is 19.9 Å². The number of methoxy groups -OCH3 is 1. The first-order valence-electron chi connectivity index (χ1n) is 14.0. The van der Waals surface area contributed by atoms with Crippen molar-refractivity contribution in [2.75, 3.05) is 25.2 Å². The Kier molecular flexibility index (Phi) is 8.16. The number of anilines is 1. The fourth-order valence-electron chi connectivity index (χ4n) is 5.71. The zero-order chi connectivity index (χ0) is 30.1. The van der Waals surface area contributed by atoms with Crippen LogP contribution in [0.5, 0.6) is 5.75 Å². The third kappa shape index (κ3) is 5.86. The van der Waals surface area contributed by atoms with Gasteiger partial charge in [0.15, 0.2) is 0 Å². The normalized spacial score (nSPS) is 16.8. The summed E-state index contributed by atoms with van der Waals surface area (Å²) in [7, 11) is 3.57. The Hall–Kier alpha value is -4.25. The van der Waals surface area contributed by atoms with Gasteiger partial charge in [-0.2, -0.15) is 0 Å². The molecule has 9 nitrogen and oxygen atoms in total. The predicted octanol–water partition coefficient (Wildman–Crippen LogP) is 5.61. The number of carbonyl (C=O) groups excluding carboxylic acids is 2. The lowest BCUT2D eigenvalue weighted by Crippen LogP contribution is -2.50. The van der Waals surface area contributed by atoms with Crippen molar-refractivity contribution in [3.05, 3.63) is 100.0 Å². The third-order valence-electron chi connectivity index (χ3n) is 7.95. The number of ether oxygens (including phenoxy) is 2. The number of rotatable bonds is 9. The van der Waals surface area contributed by atoms with Gasteiger partial charge in [-0.15, -0.1) is 0 Å². The molecule has 6 rings (SSSR count). The molecule has 1 N–H and O–H groups in total. The average Bonchev–Trinajstić information content (AvgIpc) is 3.53. The van der Waals surface area contributed by atoms with Crippen molar-refractivity contribution in [1.82, 2.24) is 19.8 Å². The first-order valence-corrected chi connectivity index (χ1v) is 14.3. The topological polar surface area (TPSA) is 88.9 Å². The third-order valence-corrected chi connectivity index (χ3v) is 8.30. The first-order chi connectivity index (χ1) is 20.8. The van der Waals surface area contributed by atoms with E-state index in [0.29, 0.717) is 41.8 Å². The van der Waals surface area contributed by atoms with Crippen LogP contribution in [0.25, 0.3) is 11.4 Å². The predicted molar refractivity (Wildman–Crippen MR) is 160 cm³/mol. The number of hydrogen-bond donors (Lipinski definition) is 1. The Morgan fingerprint density at radius 3 is 2.67 bits per heavy atom. The fraction of sp³-hybridized carbons (Fsp3) is 0.281. The van der Waals surface area contributed by atoms with E-state index in [0.717, 1.165) is 23.5 Å². The van der Waals surface area contributed by atoms with Crippen LogP contribution in [0.15, 0.2) is 66.9 Å². The number of amides is 3. The number of aromatic nitrogens is 2. The number of halogens is 2. The molecule has 0 unspecified atom stereocenters. The van der Waals surface area contributed by atoms with Crippen molar-refractivity contribution < 1.29 is 23.5 Å². The summed E-state index contributed by atoms with van der Waals surface area (Å²) < 4.78 is 27.4. The highest BCUT2D eigenvalue weighted by Crippen LogP contribution is 2.38. The molecule has 0 saturated carbocycles. The molecule has 43 heavy (non-hydrogen) atoms. The van der Waals surface area contributed by atoms with Gasteiger partial charge in [-0.1, -0.05) is 41.9 Å². The molecule has 2 aliphatic rings. The highest BCUT2D eigenvalue weighted by atomic mass is 35.5. The Morgan fingerprint density at radius 2 is 1.93 bits per heavy atom. The maximum absolute atomic E-state index is 14.1. The largest absolute Gasteiger partial charge is 0.489 e. The van der Waals surface area contributed by atoms with Gasteiger partial charge in [-0.25, -0.2) is 14.2 Å².